The topological polar surface area (TPSA) is 0 Å². The van der Waals surface area contributed by atoms with Gasteiger partial charge in [-0.15, -0.1) is 30.7 Å². The Kier molecular flexibility index (Phi) is 25.2. The zero-order valence-electron chi connectivity index (χ0n) is 61.6. The van der Waals surface area contributed by atoms with Crippen LogP contribution in [-0.2, 0) is 0 Å². The largest absolute Gasteiger partial charge is 0.113 e. The van der Waals surface area contributed by atoms with Crippen molar-refractivity contribution in [1.82, 2.24) is 0 Å². The molecule has 0 aliphatic rings. The van der Waals surface area contributed by atoms with Crippen LogP contribution in [0.4, 0.5) is 0 Å². The Morgan fingerprint density at radius 1 is 0.282 bits per heavy atom. The van der Waals surface area contributed by atoms with E-state index in [0.29, 0.717) is 76.8 Å². The van der Waals surface area contributed by atoms with Crippen molar-refractivity contribution in [3.05, 3.63) is 111 Å². The van der Waals surface area contributed by atoms with Crippen molar-refractivity contribution in [2.45, 2.75) is 118 Å². The summed E-state index contributed by atoms with van der Waals surface area (Å²) >= 11 is 0. The van der Waals surface area contributed by atoms with E-state index >= 15 is 0 Å². The van der Waals surface area contributed by atoms with Gasteiger partial charge in [0.25, 0.3) is 0 Å². The van der Waals surface area contributed by atoms with Crippen molar-refractivity contribution in [1.29, 1.82) is 0 Å². The molecule has 0 amide bonds. The molecule has 0 N–H and O–H groups in total. The molecule has 0 atom stereocenters. The van der Waals surface area contributed by atoms with Crippen LogP contribution >= 0.6 is 0 Å². The number of hydrogen-bond acceptors (Lipinski definition) is 0. The summed E-state index contributed by atoms with van der Waals surface area (Å²) in [5.41, 5.74) is 21.5. The Morgan fingerprint density at radius 2 is 0.650 bits per heavy atom. The van der Waals surface area contributed by atoms with Crippen LogP contribution in [0, 0.1) is 276 Å². The van der Waals surface area contributed by atoms with Gasteiger partial charge in [-0.05, 0) is 357 Å². The Hall–Kier alpha value is -10.4. The van der Waals surface area contributed by atoms with Gasteiger partial charge in [0, 0.05) is 130 Å². The summed E-state index contributed by atoms with van der Waals surface area (Å²) in [5, 5.41) is 7.97. The van der Waals surface area contributed by atoms with E-state index in [4.69, 9.17) is 96.7 Å². The van der Waals surface area contributed by atoms with Gasteiger partial charge in [0.1, 0.15) is 7.85 Å². The molecule has 0 saturated carbocycles. The second-order valence-corrected chi connectivity index (χ2v) is 25.4. The first-order valence-electron chi connectivity index (χ1n) is 33.2. The molecule has 8 aromatic carbocycles. The minimum absolute atomic E-state index is 0.311. The molecule has 18 heteroatoms. The average molecular weight is 1270 g/mol. The number of fused-ring (bicyclic) bond motifs is 6. The van der Waals surface area contributed by atoms with E-state index in [1.54, 1.807) is 27.9 Å². The first kappa shape index (κ1) is 78.4. The first-order valence-corrected chi connectivity index (χ1v) is 33.2. The summed E-state index contributed by atoms with van der Waals surface area (Å²) in [6.45, 7) is 33.4. The van der Waals surface area contributed by atoms with E-state index in [9.17, 15) is 0 Å². The molecule has 0 spiro atoms. The number of hydrogen-bond donors (Lipinski definition) is 0. The van der Waals surface area contributed by atoms with E-state index in [1.807, 2.05) is 13.8 Å². The number of rotatable bonds is 10. The van der Waals surface area contributed by atoms with Crippen molar-refractivity contribution in [3.8, 4) is 201 Å². The number of benzene rings is 8. The third-order valence-corrected chi connectivity index (χ3v) is 20.3. The first-order chi connectivity index (χ1) is 49.1. The lowest BCUT2D eigenvalue weighted by atomic mass is 8.67. The predicted octanol–water partition coefficient (Wildman–Crippen LogP) is 6.04. The lowest BCUT2D eigenvalue weighted by Crippen LogP contribution is -2.72. The average Bonchev–Trinajstić information content (AvgIpc) is 0.682. The highest BCUT2D eigenvalue weighted by atomic mass is 14.3. The zero-order chi connectivity index (χ0) is 75.9. The van der Waals surface area contributed by atoms with Crippen LogP contribution in [0.1, 0.15) is 132 Å². The highest BCUT2D eigenvalue weighted by Gasteiger charge is 2.39. The number of aryl methyl sites for hydroxylation is 8. The molecule has 22 radical (unpaired) electrons. The smallest absolute Gasteiger partial charge is 0.106 e. The fraction of sp³-hybridized carbons (Fsp3) is 0.200. The maximum atomic E-state index is 7.92. The Labute approximate surface area is 631 Å². The maximum absolute atomic E-state index is 7.92. The van der Waals surface area contributed by atoms with Crippen LogP contribution < -0.4 is 21.9 Å². The van der Waals surface area contributed by atoms with Crippen LogP contribution in [0.2, 0.25) is 0 Å². The highest BCUT2D eigenvalue weighted by Crippen LogP contribution is 2.55. The predicted molar refractivity (Wildman–Crippen MR) is 465 cm³/mol. The summed E-state index contributed by atoms with van der Waals surface area (Å²) in [7, 11) is 71.8. The monoisotopic (exact) mass is 1270 g/mol. The van der Waals surface area contributed by atoms with Crippen LogP contribution in [0.25, 0.3) is 76.1 Å². The SMILES string of the molecule is [B][B]B([B])B(B([B])[B])c1c(B(B([B])[B])B([B])[B])c(C)c(C)c2c(C)c(-c3c(C)c(C)c(C)c4c(-c5c(C)c6c(C)c(C)c(C#CC)c(C#CC#C)c6c6c(C#CC#CC)c(C#CC#CC#C)c(C#CC#CC#CC)c(C#CC#CC#CC#C)c56)c5c(C)c(C)c(C)c(C)c5c(C)c34)c([B][B])c([B])c12. The van der Waals surface area contributed by atoms with Crippen LogP contribution in [-0.4, -0.2) is 130 Å². The van der Waals surface area contributed by atoms with Gasteiger partial charge in [-0.2, -0.15) is 0 Å². The molecule has 0 saturated heterocycles. The lowest BCUT2D eigenvalue weighted by Gasteiger charge is -2.37. The van der Waals surface area contributed by atoms with Gasteiger partial charge in [0.15, 0.2) is 0 Å². The Bertz CT molecular complexity index is 6120. The Balaban J connectivity index is 1.95. The minimum Gasteiger partial charge on any atom is -0.106 e. The highest BCUT2D eigenvalue weighted by molar-refractivity contribution is 7.89. The van der Waals surface area contributed by atoms with E-state index in [2.05, 4.69) is 243 Å². The van der Waals surface area contributed by atoms with Gasteiger partial charge < -0.3 is 0 Å². The van der Waals surface area contributed by atoms with Crippen molar-refractivity contribution < 1.29 is 0 Å². The third kappa shape index (κ3) is 13.8. The fourth-order valence-electron chi connectivity index (χ4n) is 15.2. The molecule has 0 fully saturated rings. The summed E-state index contributed by atoms with van der Waals surface area (Å²) in [6, 6.07) is 0. The molecule has 0 unspecified atom stereocenters. The molecular weight excluding hydrogens is 1220 g/mol. The summed E-state index contributed by atoms with van der Waals surface area (Å²) in [6.07, 6.45) is 13.4. The van der Waals surface area contributed by atoms with Gasteiger partial charge >= 0.3 is 0 Å². The molecule has 103 heavy (non-hydrogen) atoms. The quantitative estimate of drug-likeness (QED) is 0.0680. The number of terminal acetylenes is 3. The van der Waals surface area contributed by atoms with E-state index in [1.165, 1.54) is 7.06 Å². The van der Waals surface area contributed by atoms with Crippen molar-refractivity contribution >= 4 is 206 Å². The zero-order valence-corrected chi connectivity index (χ0v) is 61.6. The van der Waals surface area contributed by atoms with Gasteiger partial charge in [0.2, 0.25) is 0 Å². The molecule has 448 valence electrons. The molecular formula is C85H54B18. The molecule has 8 aromatic rings. The van der Waals surface area contributed by atoms with Crippen LogP contribution in [0.5, 0.6) is 0 Å². The molecule has 0 aliphatic heterocycles. The van der Waals surface area contributed by atoms with Gasteiger partial charge in [-0.1, -0.05) is 69.3 Å². The van der Waals surface area contributed by atoms with Gasteiger partial charge in [-0.3, -0.25) is 0 Å². The van der Waals surface area contributed by atoms with Crippen molar-refractivity contribution in [3.63, 3.8) is 0 Å². The normalized spacial score (nSPS) is 9.61. The van der Waals surface area contributed by atoms with E-state index in [0.717, 1.165) is 132 Å². The molecule has 8 rings (SSSR count). The summed E-state index contributed by atoms with van der Waals surface area (Å²) in [4.78, 5) is 0. The van der Waals surface area contributed by atoms with Gasteiger partial charge in [0.05, 0.1) is 42.4 Å². The molecule has 0 bridgehead atoms. The molecule has 0 aliphatic carbocycles. The summed E-state index contributed by atoms with van der Waals surface area (Å²) < 4.78 is 0. The maximum Gasteiger partial charge on any atom is 0.113 e. The molecule has 0 heterocycles. The second kappa shape index (κ2) is 33.2. The lowest BCUT2D eigenvalue weighted by molar-refractivity contribution is 1.24. The van der Waals surface area contributed by atoms with Crippen LogP contribution in [0.15, 0.2) is 0 Å². The second-order valence-electron chi connectivity index (χ2n) is 25.4. The Morgan fingerprint density at radius 3 is 1.17 bits per heavy atom. The molecule has 0 aromatic heterocycles. The van der Waals surface area contributed by atoms with Crippen molar-refractivity contribution in [2.24, 2.45) is 0 Å². The van der Waals surface area contributed by atoms with Crippen molar-refractivity contribution in [2.75, 3.05) is 0 Å². The fourth-order valence-corrected chi connectivity index (χ4v) is 15.2. The summed E-state index contributed by atoms with van der Waals surface area (Å²) in [5.74, 6) is 80.8. The van der Waals surface area contributed by atoms with E-state index in [-0.39, 0.29) is 0 Å². The van der Waals surface area contributed by atoms with Gasteiger partial charge in [-0.25, -0.2) is 0 Å². The van der Waals surface area contributed by atoms with Crippen LogP contribution in [0.3, 0.4) is 0 Å². The third-order valence-electron chi connectivity index (χ3n) is 20.3. The molecule has 0 nitrogen and oxygen atoms in total. The van der Waals surface area contributed by atoms with E-state index < -0.39 is 38.5 Å². The minimum atomic E-state index is -1.09. The standard InChI is InChI=1S/C85H54B18/c1-21-27-32-35-37-41-47-66-63(45-40-36-33-28-22-2)64(44-39-34-29-23-3)67(46-38-30-24-4)79-77-65(43-31-25-5)62(42-26-6)51(10)56(15)69(77)60(19)75(78(66)79)80-71-53(12)49(8)48(7)52(11)68(71)59(18)74-72(54(13)50(9)55(14)73(74)80)76-61(20)70-57(16)58(17)84(98(100(89)90)101(91)92)85(81(70)82(86)83(76)96-87)99(102(93)94)103(95)97-88/h1,3,5H,2,4,6-20H3.